The van der Waals surface area contributed by atoms with Crippen molar-refractivity contribution in [1.82, 2.24) is 4.98 Å². The highest BCUT2D eigenvalue weighted by Gasteiger charge is 2.08. The summed E-state index contributed by atoms with van der Waals surface area (Å²) in [6.07, 6.45) is 1.51. The van der Waals surface area contributed by atoms with E-state index in [1.807, 2.05) is 24.3 Å². The second kappa shape index (κ2) is 3.41. The van der Waals surface area contributed by atoms with E-state index in [0.717, 1.165) is 11.3 Å². The fourth-order valence-corrected chi connectivity index (χ4v) is 1.27. The van der Waals surface area contributed by atoms with Crippen molar-refractivity contribution < 1.29 is 9.15 Å². The highest BCUT2D eigenvalue weighted by molar-refractivity contribution is 5.66. The lowest BCUT2D eigenvalue weighted by molar-refractivity contribution is 0.416. The van der Waals surface area contributed by atoms with Crippen LogP contribution in [0.1, 0.15) is 0 Å². The molecule has 0 atom stereocenters. The number of hydrogen-bond donors (Lipinski definition) is 1. The first kappa shape index (κ1) is 8.62. The van der Waals surface area contributed by atoms with Gasteiger partial charge in [-0.05, 0) is 12.1 Å². The molecule has 0 bridgehead atoms. The van der Waals surface area contributed by atoms with E-state index in [9.17, 15) is 0 Å². The zero-order chi connectivity index (χ0) is 9.97. The van der Waals surface area contributed by atoms with Crippen molar-refractivity contribution in [2.45, 2.75) is 0 Å². The van der Waals surface area contributed by atoms with E-state index in [4.69, 9.17) is 14.9 Å². The lowest BCUT2D eigenvalue weighted by Crippen LogP contribution is -1.88. The lowest BCUT2D eigenvalue weighted by atomic mass is 10.1. The molecule has 1 heterocycles. The van der Waals surface area contributed by atoms with Gasteiger partial charge in [0.1, 0.15) is 17.7 Å². The number of nitrogens with two attached hydrogens (primary N) is 1. The van der Waals surface area contributed by atoms with Crippen molar-refractivity contribution in [3.8, 4) is 17.0 Å². The summed E-state index contributed by atoms with van der Waals surface area (Å²) in [5, 5.41) is 0. The molecule has 1 aromatic carbocycles. The summed E-state index contributed by atoms with van der Waals surface area (Å²) in [7, 11) is 1.61. The number of methoxy groups -OCH3 is 1. The number of rotatable bonds is 2. The molecular formula is C10H10N2O2. The molecule has 0 spiro atoms. The smallest absolute Gasteiger partial charge is 0.292 e. The van der Waals surface area contributed by atoms with Crippen molar-refractivity contribution in [2.24, 2.45) is 0 Å². The molecule has 0 saturated heterocycles. The molecule has 2 aromatic rings. The minimum atomic E-state index is 0.158. The largest absolute Gasteiger partial charge is 0.496 e. The fraction of sp³-hybridized carbons (Fsp3) is 0.100. The Labute approximate surface area is 81.3 Å². The van der Waals surface area contributed by atoms with Gasteiger partial charge in [0.05, 0.1) is 7.11 Å². The molecule has 0 aliphatic carbocycles. The van der Waals surface area contributed by atoms with E-state index >= 15 is 0 Å². The van der Waals surface area contributed by atoms with E-state index in [0.29, 0.717) is 5.69 Å². The Balaban J connectivity index is 2.50. The topological polar surface area (TPSA) is 61.3 Å². The number of anilines is 1. The average molecular weight is 190 g/mol. The van der Waals surface area contributed by atoms with E-state index in [1.54, 1.807) is 7.11 Å². The van der Waals surface area contributed by atoms with Crippen LogP contribution in [0.3, 0.4) is 0 Å². The summed E-state index contributed by atoms with van der Waals surface area (Å²) < 4.78 is 10.1. The van der Waals surface area contributed by atoms with Gasteiger partial charge < -0.3 is 14.9 Å². The lowest BCUT2D eigenvalue weighted by Gasteiger charge is -2.03. The first-order valence-corrected chi connectivity index (χ1v) is 4.15. The summed E-state index contributed by atoms with van der Waals surface area (Å²) in [4.78, 5) is 4.02. The van der Waals surface area contributed by atoms with Gasteiger partial charge in [-0.15, -0.1) is 0 Å². The standard InChI is InChI=1S/C10H10N2O2/c1-13-9-5-3-2-4-7(9)8-6-14-10(11)12-8/h2-6H,1H3,(H2,11,12). The van der Waals surface area contributed by atoms with Crippen LogP contribution in [-0.2, 0) is 0 Å². The monoisotopic (exact) mass is 190 g/mol. The summed E-state index contributed by atoms with van der Waals surface area (Å²) >= 11 is 0. The number of para-hydroxylation sites is 1. The normalized spacial score (nSPS) is 10.1. The van der Waals surface area contributed by atoms with Crippen LogP contribution < -0.4 is 10.5 Å². The van der Waals surface area contributed by atoms with Crippen LogP contribution in [0.15, 0.2) is 34.9 Å². The minimum Gasteiger partial charge on any atom is -0.496 e. The van der Waals surface area contributed by atoms with Crippen LogP contribution in [0.4, 0.5) is 6.01 Å². The molecule has 0 amide bonds. The van der Waals surface area contributed by atoms with Crippen LogP contribution in [-0.4, -0.2) is 12.1 Å². The summed E-state index contributed by atoms with van der Waals surface area (Å²) in [6.45, 7) is 0. The van der Waals surface area contributed by atoms with Gasteiger partial charge in [0.2, 0.25) is 0 Å². The van der Waals surface area contributed by atoms with Crippen LogP contribution in [0, 0.1) is 0 Å². The number of ether oxygens (including phenoxy) is 1. The van der Waals surface area contributed by atoms with Crippen molar-refractivity contribution >= 4 is 6.01 Å². The predicted molar refractivity (Wildman–Crippen MR) is 52.9 cm³/mol. The molecule has 1 aromatic heterocycles. The maximum atomic E-state index is 5.39. The van der Waals surface area contributed by atoms with Gasteiger partial charge in [-0.3, -0.25) is 0 Å². The Kier molecular flexibility index (Phi) is 2.10. The minimum absolute atomic E-state index is 0.158. The predicted octanol–water partition coefficient (Wildman–Crippen LogP) is 1.93. The van der Waals surface area contributed by atoms with Gasteiger partial charge in [0.15, 0.2) is 0 Å². The van der Waals surface area contributed by atoms with Crippen molar-refractivity contribution in [3.05, 3.63) is 30.5 Å². The Bertz CT molecular complexity index is 437. The highest BCUT2D eigenvalue weighted by atomic mass is 16.5. The molecule has 0 saturated carbocycles. The highest BCUT2D eigenvalue weighted by Crippen LogP contribution is 2.28. The van der Waals surface area contributed by atoms with Crippen LogP contribution in [0.5, 0.6) is 5.75 Å². The third-order valence-corrected chi connectivity index (χ3v) is 1.90. The molecule has 0 radical (unpaired) electrons. The Morgan fingerprint density at radius 2 is 2.14 bits per heavy atom. The van der Waals surface area contributed by atoms with E-state index in [-0.39, 0.29) is 6.01 Å². The molecular weight excluding hydrogens is 180 g/mol. The van der Waals surface area contributed by atoms with Crippen LogP contribution in [0.25, 0.3) is 11.3 Å². The number of oxazole rings is 1. The molecule has 0 aliphatic heterocycles. The van der Waals surface area contributed by atoms with E-state index in [2.05, 4.69) is 4.98 Å². The van der Waals surface area contributed by atoms with Crippen LogP contribution >= 0.6 is 0 Å². The van der Waals surface area contributed by atoms with Crippen molar-refractivity contribution in [1.29, 1.82) is 0 Å². The molecule has 0 fully saturated rings. The summed E-state index contributed by atoms with van der Waals surface area (Å²) in [5.74, 6) is 0.751. The molecule has 14 heavy (non-hydrogen) atoms. The first-order valence-electron chi connectivity index (χ1n) is 4.15. The van der Waals surface area contributed by atoms with Gasteiger partial charge in [-0.1, -0.05) is 12.1 Å². The molecule has 0 unspecified atom stereocenters. The third-order valence-electron chi connectivity index (χ3n) is 1.90. The van der Waals surface area contributed by atoms with Gasteiger partial charge in [-0.25, -0.2) is 0 Å². The number of nitrogens with zero attached hydrogens (tertiary/aromatic N) is 1. The maximum Gasteiger partial charge on any atom is 0.292 e. The number of benzene rings is 1. The fourth-order valence-electron chi connectivity index (χ4n) is 1.27. The summed E-state index contributed by atoms with van der Waals surface area (Å²) in [5.41, 5.74) is 6.94. The van der Waals surface area contributed by atoms with Crippen molar-refractivity contribution in [2.75, 3.05) is 12.8 Å². The molecule has 4 heteroatoms. The zero-order valence-electron chi connectivity index (χ0n) is 7.73. The van der Waals surface area contributed by atoms with E-state index < -0.39 is 0 Å². The van der Waals surface area contributed by atoms with Gasteiger partial charge in [-0.2, -0.15) is 4.98 Å². The second-order valence-electron chi connectivity index (χ2n) is 2.77. The summed E-state index contributed by atoms with van der Waals surface area (Å²) in [6, 6.07) is 7.72. The molecule has 2 rings (SSSR count). The molecule has 72 valence electrons. The Morgan fingerprint density at radius 1 is 1.36 bits per heavy atom. The Morgan fingerprint density at radius 3 is 2.79 bits per heavy atom. The second-order valence-corrected chi connectivity index (χ2v) is 2.77. The third kappa shape index (κ3) is 1.42. The van der Waals surface area contributed by atoms with Gasteiger partial charge in [0, 0.05) is 5.56 Å². The van der Waals surface area contributed by atoms with E-state index in [1.165, 1.54) is 6.26 Å². The number of nitrogen functional groups attached to an aromatic ring is 1. The molecule has 0 aliphatic rings. The van der Waals surface area contributed by atoms with Gasteiger partial charge in [0.25, 0.3) is 6.01 Å². The molecule has 4 nitrogen and oxygen atoms in total. The quantitative estimate of drug-likeness (QED) is 0.786. The van der Waals surface area contributed by atoms with Crippen molar-refractivity contribution in [3.63, 3.8) is 0 Å². The van der Waals surface area contributed by atoms with Crippen LogP contribution in [0.2, 0.25) is 0 Å². The maximum absolute atomic E-state index is 5.39. The first-order chi connectivity index (χ1) is 6.81. The number of hydrogen-bond acceptors (Lipinski definition) is 4. The molecule has 2 N–H and O–H groups in total. The Hall–Kier alpha value is -1.97. The zero-order valence-corrected chi connectivity index (χ0v) is 7.73. The van der Waals surface area contributed by atoms with Gasteiger partial charge >= 0.3 is 0 Å². The SMILES string of the molecule is COc1ccccc1-c1coc(N)n1. The number of aromatic nitrogens is 1. The average Bonchev–Trinajstić information content (AvgIpc) is 2.65.